The molecule has 1 N–H and O–H groups in total. The minimum absolute atomic E-state index is 0.979. The van der Waals surface area contributed by atoms with E-state index in [0.29, 0.717) is 0 Å². The zero-order valence-electron chi connectivity index (χ0n) is 11.7. The first kappa shape index (κ1) is 13.9. The van der Waals surface area contributed by atoms with Crippen molar-refractivity contribution in [3.8, 4) is 0 Å². The number of benzene rings is 1. The van der Waals surface area contributed by atoms with Crippen molar-refractivity contribution in [2.24, 2.45) is 0 Å². The Hall–Kier alpha value is -1.48. The van der Waals surface area contributed by atoms with Crippen molar-refractivity contribution in [2.45, 2.75) is 39.0 Å². The van der Waals surface area contributed by atoms with Crippen LogP contribution in [0.3, 0.4) is 0 Å². The maximum Gasteiger partial charge on any atom is 0.0890 e. The van der Waals surface area contributed by atoms with Gasteiger partial charge in [0.2, 0.25) is 0 Å². The maximum absolute atomic E-state index is 4.64. The van der Waals surface area contributed by atoms with Crippen molar-refractivity contribution in [1.29, 1.82) is 0 Å². The normalized spacial score (nSPS) is 11.0. The molecule has 2 aromatic rings. The van der Waals surface area contributed by atoms with Gasteiger partial charge in [0.25, 0.3) is 0 Å². The van der Waals surface area contributed by atoms with Gasteiger partial charge in [0, 0.05) is 6.20 Å². The molecule has 0 aliphatic heterocycles. The minimum atomic E-state index is 0.979. The van der Waals surface area contributed by atoms with Gasteiger partial charge in [0.05, 0.1) is 16.7 Å². The van der Waals surface area contributed by atoms with Crippen LogP contribution in [0.4, 0.5) is 0 Å². The Morgan fingerprint density at radius 3 is 2.63 bits per heavy atom. The van der Waals surface area contributed by atoms with Crippen LogP contribution in [0.25, 0.3) is 11.0 Å². The van der Waals surface area contributed by atoms with Gasteiger partial charge < -0.3 is 5.32 Å². The Morgan fingerprint density at radius 1 is 1.00 bits per heavy atom. The number of hydrogen-bond donors (Lipinski definition) is 1. The van der Waals surface area contributed by atoms with Crippen LogP contribution in [-0.4, -0.2) is 23.1 Å². The third-order valence-electron chi connectivity index (χ3n) is 3.24. The van der Waals surface area contributed by atoms with Gasteiger partial charge >= 0.3 is 0 Å². The summed E-state index contributed by atoms with van der Waals surface area (Å²) in [5, 5.41) is 3.47. The Labute approximate surface area is 115 Å². The van der Waals surface area contributed by atoms with E-state index in [1.807, 2.05) is 30.5 Å². The molecule has 102 valence electrons. The lowest BCUT2D eigenvalue weighted by molar-refractivity contribution is 0.597. The molecule has 0 aliphatic carbocycles. The fourth-order valence-electron chi connectivity index (χ4n) is 2.10. The largest absolute Gasteiger partial charge is 0.317 e. The van der Waals surface area contributed by atoms with Crippen LogP contribution in [0.2, 0.25) is 0 Å². The fraction of sp³-hybridized carbons (Fsp3) is 0.500. The Morgan fingerprint density at radius 2 is 1.79 bits per heavy atom. The van der Waals surface area contributed by atoms with Gasteiger partial charge in [-0.15, -0.1) is 0 Å². The molecule has 0 saturated carbocycles. The molecule has 0 fully saturated rings. The third-order valence-corrected chi connectivity index (χ3v) is 3.24. The second-order valence-electron chi connectivity index (χ2n) is 4.91. The molecule has 0 saturated heterocycles. The molecule has 0 aliphatic rings. The van der Waals surface area contributed by atoms with Crippen molar-refractivity contribution in [2.75, 3.05) is 13.1 Å². The van der Waals surface area contributed by atoms with E-state index in [-0.39, 0.29) is 0 Å². The number of aryl methyl sites for hydroxylation is 1. The summed E-state index contributed by atoms with van der Waals surface area (Å²) < 4.78 is 0. The van der Waals surface area contributed by atoms with E-state index in [4.69, 9.17) is 0 Å². The van der Waals surface area contributed by atoms with Gasteiger partial charge in [-0.3, -0.25) is 4.98 Å². The van der Waals surface area contributed by atoms with Crippen LogP contribution in [-0.2, 0) is 6.42 Å². The number of para-hydroxylation sites is 2. The van der Waals surface area contributed by atoms with E-state index >= 15 is 0 Å². The van der Waals surface area contributed by atoms with Gasteiger partial charge in [-0.25, -0.2) is 4.98 Å². The summed E-state index contributed by atoms with van der Waals surface area (Å²) in [6, 6.07) is 8.04. The highest BCUT2D eigenvalue weighted by Crippen LogP contribution is 2.09. The molecule has 3 nitrogen and oxygen atoms in total. The fourth-order valence-corrected chi connectivity index (χ4v) is 2.10. The summed E-state index contributed by atoms with van der Waals surface area (Å²) in [6.07, 6.45) is 7.85. The predicted molar refractivity (Wildman–Crippen MR) is 80.3 cm³/mol. The van der Waals surface area contributed by atoms with E-state index in [9.17, 15) is 0 Å². The summed E-state index contributed by atoms with van der Waals surface area (Å²) in [4.78, 5) is 9.08. The lowest BCUT2D eigenvalue weighted by atomic mass is 10.2. The van der Waals surface area contributed by atoms with E-state index in [1.165, 1.54) is 25.7 Å². The Balaban J connectivity index is 1.72. The summed E-state index contributed by atoms with van der Waals surface area (Å²) >= 11 is 0. The van der Waals surface area contributed by atoms with Crippen molar-refractivity contribution in [3.05, 3.63) is 36.2 Å². The summed E-state index contributed by atoms with van der Waals surface area (Å²) in [5.74, 6) is 0. The molecule has 1 aromatic carbocycles. The first-order chi connectivity index (χ1) is 9.40. The van der Waals surface area contributed by atoms with Gasteiger partial charge in [-0.2, -0.15) is 0 Å². The zero-order valence-corrected chi connectivity index (χ0v) is 11.7. The lowest BCUT2D eigenvalue weighted by Crippen LogP contribution is -2.16. The lowest BCUT2D eigenvalue weighted by Gasteiger charge is -2.04. The molecule has 1 aromatic heterocycles. The van der Waals surface area contributed by atoms with E-state index < -0.39 is 0 Å². The Bertz CT molecular complexity index is 496. The van der Waals surface area contributed by atoms with Gasteiger partial charge in [0.1, 0.15) is 0 Å². The number of nitrogens with one attached hydrogen (secondary N) is 1. The van der Waals surface area contributed by atoms with Crippen molar-refractivity contribution in [1.82, 2.24) is 15.3 Å². The number of aromatic nitrogens is 2. The van der Waals surface area contributed by atoms with Crippen molar-refractivity contribution >= 4 is 11.0 Å². The summed E-state index contributed by atoms with van der Waals surface area (Å²) in [7, 11) is 0. The van der Waals surface area contributed by atoms with Crippen LogP contribution < -0.4 is 5.32 Å². The van der Waals surface area contributed by atoms with Crippen LogP contribution >= 0.6 is 0 Å². The minimum Gasteiger partial charge on any atom is -0.317 e. The molecular formula is C16H23N3. The quantitative estimate of drug-likeness (QED) is 0.737. The second-order valence-corrected chi connectivity index (χ2v) is 4.91. The molecule has 0 unspecified atom stereocenters. The SMILES string of the molecule is CCCCNCCCCc1cnc2ccccc2n1. The topological polar surface area (TPSA) is 37.8 Å². The first-order valence-electron chi connectivity index (χ1n) is 7.31. The molecule has 0 radical (unpaired) electrons. The standard InChI is InChI=1S/C16H23N3/c1-2-3-11-17-12-7-6-8-14-13-18-15-9-4-5-10-16(15)19-14/h4-5,9-10,13,17H,2-3,6-8,11-12H2,1H3. The first-order valence-corrected chi connectivity index (χ1v) is 7.31. The maximum atomic E-state index is 4.64. The van der Waals surface area contributed by atoms with E-state index in [0.717, 1.165) is 36.2 Å². The average Bonchev–Trinajstić information content (AvgIpc) is 2.46. The number of fused-ring (bicyclic) bond motifs is 1. The van der Waals surface area contributed by atoms with Crippen molar-refractivity contribution < 1.29 is 0 Å². The average molecular weight is 257 g/mol. The molecule has 0 atom stereocenters. The molecule has 19 heavy (non-hydrogen) atoms. The number of nitrogens with zero attached hydrogens (tertiary/aromatic N) is 2. The predicted octanol–water partition coefficient (Wildman–Crippen LogP) is 3.34. The smallest absolute Gasteiger partial charge is 0.0890 e. The molecule has 0 spiro atoms. The summed E-state index contributed by atoms with van der Waals surface area (Å²) in [6.45, 7) is 4.48. The third kappa shape index (κ3) is 4.60. The Kier molecular flexibility index (Phi) is 5.76. The second kappa shape index (κ2) is 7.85. The monoisotopic (exact) mass is 257 g/mol. The molecule has 0 amide bonds. The number of rotatable bonds is 8. The highest BCUT2D eigenvalue weighted by atomic mass is 14.8. The molecular weight excluding hydrogens is 234 g/mol. The molecule has 2 rings (SSSR count). The van der Waals surface area contributed by atoms with Crippen LogP contribution in [0, 0.1) is 0 Å². The van der Waals surface area contributed by atoms with E-state index in [2.05, 4.69) is 22.2 Å². The molecule has 3 heteroatoms. The van der Waals surface area contributed by atoms with E-state index in [1.54, 1.807) is 0 Å². The molecule has 1 heterocycles. The summed E-state index contributed by atoms with van der Waals surface area (Å²) in [5.41, 5.74) is 3.08. The van der Waals surface area contributed by atoms with Gasteiger partial charge in [-0.05, 0) is 50.9 Å². The zero-order chi connectivity index (χ0) is 13.3. The van der Waals surface area contributed by atoms with Crippen LogP contribution in [0.1, 0.15) is 38.3 Å². The number of hydrogen-bond acceptors (Lipinski definition) is 3. The molecule has 0 bridgehead atoms. The van der Waals surface area contributed by atoms with Crippen LogP contribution in [0.15, 0.2) is 30.5 Å². The number of unbranched alkanes of at least 4 members (excludes halogenated alkanes) is 2. The van der Waals surface area contributed by atoms with Gasteiger partial charge in [0.15, 0.2) is 0 Å². The van der Waals surface area contributed by atoms with Crippen molar-refractivity contribution in [3.63, 3.8) is 0 Å². The highest BCUT2D eigenvalue weighted by molar-refractivity contribution is 5.73. The highest BCUT2D eigenvalue weighted by Gasteiger charge is 1.99. The van der Waals surface area contributed by atoms with Gasteiger partial charge in [-0.1, -0.05) is 25.5 Å². The van der Waals surface area contributed by atoms with Crippen LogP contribution in [0.5, 0.6) is 0 Å².